The predicted molar refractivity (Wildman–Crippen MR) is 76.6 cm³/mol. The van der Waals surface area contributed by atoms with Crippen LogP contribution in [0.25, 0.3) is 0 Å². The van der Waals surface area contributed by atoms with Crippen LogP contribution in [0, 0.1) is 5.41 Å². The molecule has 1 saturated carbocycles. The van der Waals surface area contributed by atoms with Crippen molar-refractivity contribution in [2.24, 2.45) is 5.41 Å². The van der Waals surface area contributed by atoms with E-state index in [2.05, 4.69) is 15.9 Å². The van der Waals surface area contributed by atoms with Crippen molar-refractivity contribution >= 4 is 21.7 Å². The molecule has 1 aromatic carbocycles. The predicted octanol–water partition coefficient (Wildman–Crippen LogP) is 4.22. The Morgan fingerprint density at radius 2 is 2.00 bits per heavy atom. The van der Waals surface area contributed by atoms with Gasteiger partial charge in [-0.3, -0.25) is 4.79 Å². The largest absolute Gasteiger partial charge is 0.493 e. The van der Waals surface area contributed by atoms with Crippen LogP contribution in [0.2, 0.25) is 0 Å². The first-order valence-electron chi connectivity index (χ1n) is 6.51. The van der Waals surface area contributed by atoms with Crippen LogP contribution in [0.15, 0.2) is 24.3 Å². The Hall–Kier alpha value is -0.830. The Morgan fingerprint density at radius 1 is 1.33 bits per heavy atom. The molecule has 0 N–H and O–H groups in total. The smallest absolute Gasteiger partial charge is 0.162 e. The first-order chi connectivity index (χ1) is 8.69. The molecule has 0 aliphatic heterocycles. The van der Waals surface area contributed by atoms with E-state index in [9.17, 15) is 4.79 Å². The average molecular weight is 311 g/mol. The maximum Gasteiger partial charge on any atom is 0.162 e. The zero-order chi connectivity index (χ0) is 13.0. The monoisotopic (exact) mass is 310 g/mol. The summed E-state index contributed by atoms with van der Waals surface area (Å²) < 4.78 is 5.83. The zero-order valence-electron chi connectivity index (χ0n) is 10.7. The van der Waals surface area contributed by atoms with Crippen molar-refractivity contribution in [2.45, 2.75) is 32.6 Å². The highest BCUT2D eigenvalue weighted by Gasteiger charge is 2.36. The van der Waals surface area contributed by atoms with Crippen LogP contribution >= 0.6 is 15.9 Å². The lowest BCUT2D eigenvalue weighted by molar-refractivity contribution is 0.0838. The van der Waals surface area contributed by atoms with Crippen molar-refractivity contribution in [3.63, 3.8) is 0 Å². The van der Waals surface area contributed by atoms with Gasteiger partial charge in [-0.25, -0.2) is 0 Å². The van der Waals surface area contributed by atoms with Crippen molar-refractivity contribution in [1.29, 1.82) is 0 Å². The molecule has 1 fully saturated rings. The number of ether oxygens (including phenoxy) is 1. The molecule has 0 saturated heterocycles. The standard InChI is InChI=1S/C15H19BrO2/c1-2-14(17)12-4-6-13(7-5-12)18-11-15(10-16)8-3-9-15/h4-7H,2-3,8-11H2,1H3. The molecule has 2 nitrogen and oxygen atoms in total. The molecular formula is C15H19BrO2. The molecular weight excluding hydrogens is 292 g/mol. The van der Waals surface area contributed by atoms with Crippen molar-refractivity contribution < 1.29 is 9.53 Å². The van der Waals surface area contributed by atoms with Crippen molar-refractivity contribution in [2.75, 3.05) is 11.9 Å². The molecule has 0 spiro atoms. The lowest BCUT2D eigenvalue weighted by Gasteiger charge is -2.39. The van der Waals surface area contributed by atoms with Gasteiger partial charge in [-0.15, -0.1) is 0 Å². The second-order valence-electron chi connectivity index (χ2n) is 5.08. The van der Waals surface area contributed by atoms with E-state index in [1.807, 2.05) is 31.2 Å². The minimum Gasteiger partial charge on any atom is -0.493 e. The molecule has 0 amide bonds. The number of ketones is 1. The summed E-state index contributed by atoms with van der Waals surface area (Å²) in [5.41, 5.74) is 1.10. The summed E-state index contributed by atoms with van der Waals surface area (Å²) in [6.07, 6.45) is 4.33. The molecule has 3 heteroatoms. The first-order valence-corrected chi connectivity index (χ1v) is 7.63. The molecule has 0 unspecified atom stereocenters. The lowest BCUT2D eigenvalue weighted by atomic mass is 9.71. The van der Waals surface area contributed by atoms with E-state index in [1.165, 1.54) is 19.3 Å². The summed E-state index contributed by atoms with van der Waals surface area (Å²) in [6, 6.07) is 7.48. The van der Waals surface area contributed by atoms with E-state index in [0.29, 0.717) is 11.8 Å². The number of hydrogen-bond acceptors (Lipinski definition) is 2. The zero-order valence-corrected chi connectivity index (χ0v) is 12.3. The quantitative estimate of drug-likeness (QED) is 0.581. The van der Waals surface area contributed by atoms with Crippen LogP contribution < -0.4 is 4.74 Å². The SMILES string of the molecule is CCC(=O)c1ccc(OCC2(CBr)CCC2)cc1. The number of benzene rings is 1. The Morgan fingerprint density at radius 3 is 2.44 bits per heavy atom. The van der Waals surface area contributed by atoms with E-state index >= 15 is 0 Å². The maximum absolute atomic E-state index is 11.5. The van der Waals surface area contributed by atoms with Gasteiger partial charge >= 0.3 is 0 Å². The summed E-state index contributed by atoms with van der Waals surface area (Å²) in [6.45, 7) is 2.64. The third kappa shape index (κ3) is 2.94. The number of alkyl halides is 1. The third-order valence-electron chi connectivity index (χ3n) is 3.74. The van der Waals surface area contributed by atoms with Crippen LogP contribution in [-0.2, 0) is 0 Å². The van der Waals surface area contributed by atoms with E-state index in [4.69, 9.17) is 4.74 Å². The molecule has 1 aromatic rings. The van der Waals surface area contributed by atoms with Crippen LogP contribution in [0.3, 0.4) is 0 Å². The second-order valence-corrected chi connectivity index (χ2v) is 5.64. The summed E-state index contributed by atoms with van der Waals surface area (Å²) in [4.78, 5) is 11.5. The van der Waals surface area contributed by atoms with Crippen LogP contribution in [0.1, 0.15) is 43.0 Å². The van der Waals surface area contributed by atoms with Crippen molar-refractivity contribution in [1.82, 2.24) is 0 Å². The van der Waals surface area contributed by atoms with Gasteiger partial charge in [0.1, 0.15) is 5.75 Å². The van der Waals surface area contributed by atoms with Gasteiger partial charge in [-0.05, 0) is 37.1 Å². The molecule has 1 aliphatic carbocycles. The number of rotatable bonds is 6. The Balaban J connectivity index is 1.92. The normalized spacial score (nSPS) is 17.0. The lowest BCUT2D eigenvalue weighted by Crippen LogP contribution is -2.37. The van der Waals surface area contributed by atoms with Gasteiger partial charge < -0.3 is 4.74 Å². The van der Waals surface area contributed by atoms with Crippen LogP contribution in [0.5, 0.6) is 5.75 Å². The number of Topliss-reactive ketones (excluding diaryl/α,β-unsaturated/α-hetero) is 1. The van der Waals surface area contributed by atoms with E-state index in [-0.39, 0.29) is 5.78 Å². The van der Waals surface area contributed by atoms with Crippen molar-refractivity contribution in [3.05, 3.63) is 29.8 Å². The molecule has 0 atom stereocenters. The minimum atomic E-state index is 0.178. The van der Waals surface area contributed by atoms with Gasteiger partial charge in [0.2, 0.25) is 0 Å². The van der Waals surface area contributed by atoms with E-state index in [0.717, 1.165) is 23.2 Å². The van der Waals surface area contributed by atoms with Crippen molar-refractivity contribution in [3.8, 4) is 5.75 Å². The Bertz CT molecular complexity index is 401. The number of hydrogen-bond donors (Lipinski definition) is 0. The number of halogens is 1. The van der Waals surface area contributed by atoms with Gasteiger partial charge in [-0.1, -0.05) is 29.3 Å². The molecule has 0 aromatic heterocycles. The fourth-order valence-electron chi connectivity index (χ4n) is 2.17. The molecule has 0 heterocycles. The van der Waals surface area contributed by atoms with Gasteiger partial charge in [0.25, 0.3) is 0 Å². The highest BCUT2D eigenvalue weighted by Crippen LogP contribution is 2.42. The summed E-state index contributed by atoms with van der Waals surface area (Å²) in [5, 5.41) is 1.01. The molecule has 0 radical (unpaired) electrons. The molecule has 2 rings (SSSR count). The van der Waals surface area contributed by atoms with E-state index in [1.54, 1.807) is 0 Å². The third-order valence-corrected chi connectivity index (χ3v) is 4.93. The highest BCUT2D eigenvalue weighted by molar-refractivity contribution is 9.09. The fraction of sp³-hybridized carbons (Fsp3) is 0.533. The second kappa shape index (κ2) is 5.87. The summed E-state index contributed by atoms with van der Waals surface area (Å²) in [5.74, 6) is 1.03. The first kappa shape index (κ1) is 13.6. The number of carbonyl (C=O) groups is 1. The minimum absolute atomic E-state index is 0.178. The highest BCUT2D eigenvalue weighted by atomic mass is 79.9. The van der Waals surface area contributed by atoms with Gasteiger partial charge in [0.05, 0.1) is 6.61 Å². The average Bonchev–Trinajstić information content (AvgIpc) is 2.38. The van der Waals surface area contributed by atoms with Gasteiger partial charge in [-0.2, -0.15) is 0 Å². The molecule has 1 aliphatic rings. The topological polar surface area (TPSA) is 26.3 Å². The molecule has 98 valence electrons. The molecule has 0 bridgehead atoms. The Kier molecular flexibility index (Phi) is 4.44. The van der Waals surface area contributed by atoms with Crippen LogP contribution in [0.4, 0.5) is 0 Å². The summed E-state index contributed by atoms with van der Waals surface area (Å²) in [7, 11) is 0. The maximum atomic E-state index is 11.5. The number of carbonyl (C=O) groups excluding carboxylic acids is 1. The van der Waals surface area contributed by atoms with Gasteiger partial charge in [0, 0.05) is 22.7 Å². The summed E-state index contributed by atoms with van der Waals surface area (Å²) >= 11 is 3.57. The van der Waals surface area contributed by atoms with Gasteiger partial charge in [0.15, 0.2) is 5.78 Å². The van der Waals surface area contributed by atoms with E-state index < -0.39 is 0 Å². The molecule has 18 heavy (non-hydrogen) atoms. The fourth-order valence-corrected chi connectivity index (χ4v) is 2.89. The van der Waals surface area contributed by atoms with Crippen LogP contribution in [-0.4, -0.2) is 17.7 Å². The Labute approximate surface area is 117 Å².